The summed E-state index contributed by atoms with van der Waals surface area (Å²) in [4.78, 5) is 36.0. The van der Waals surface area contributed by atoms with E-state index in [1.165, 1.54) is 19.2 Å². The first kappa shape index (κ1) is 17.8. The maximum atomic E-state index is 12.7. The average Bonchev–Trinajstić information content (AvgIpc) is 3.00. The lowest BCUT2D eigenvalue weighted by Gasteiger charge is -2.18. The van der Waals surface area contributed by atoms with E-state index >= 15 is 0 Å². The van der Waals surface area contributed by atoms with Crippen molar-refractivity contribution in [2.24, 2.45) is 0 Å². The second kappa shape index (κ2) is 7.85. The molecule has 1 aliphatic rings. The zero-order chi connectivity index (χ0) is 17.7. The van der Waals surface area contributed by atoms with Crippen LogP contribution in [0.15, 0.2) is 18.2 Å². The van der Waals surface area contributed by atoms with Gasteiger partial charge in [0.25, 0.3) is 6.43 Å². The topological polar surface area (TPSA) is 78.5 Å². The Hall–Kier alpha value is -2.51. The van der Waals surface area contributed by atoms with Gasteiger partial charge in [-0.1, -0.05) is 12.1 Å². The van der Waals surface area contributed by atoms with Crippen molar-refractivity contribution in [2.75, 3.05) is 7.05 Å². The van der Waals surface area contributed by atoms with E-state index in [0.29, 0.717) is 13.0 Å². The third kappa shape index (κ3) is 4.06. The van der Waals surface area contributed by atoms with Gasteiger partial charge in [0, 0.05) is 32.1 Å². The van der Waals surface area contributed by atoms with E-state index in [-0.39, 0.29) is 36.8 Å². The first-order valence-corrected chi connectivity index (χ1v) is 7.55. The van der Waals surface area contributed by atoms with Crippen molar-refractivity contribution < 1.29 is 23.2 Å². The number of hydrogen-bond acceptors (Lipinski definition) is 3. The molecule has 6 nitrogen and oxygen atoms in total. The van der Waals surface area contributed by atoms with Crippen molar-refractivity contribution in [3.05, 3.63) is 34.9 Å². The van der Waals surface area contributed by atoms with Gasteiger partial charge in [0.15, 0.2) is 0 Å². The number of nitrogens with zero attached hydrogens (tertiary/aromatic N) is 1. The summed E-state index contributed by atoms with van der Waals surface area (Å²) < 4.78 is 25.5. The van der Waals surface area contributed by atoms with Gasteiger partial charge in [0.2, 0.25) is 18.2 Å². The van der Waals surface area contributed by atoms with Gasteiger partial charge in [-0.25, -0.2) is 8.78 Å². The molecule has 0 bridgehead atoms. The van der Waals surface area contributed by atoms with E-state index in [9.17, 15) is 23.2 Å². The Labute approximate surface area is 138 Å². The second-order valence-electron chi connectivity index (χ2n) is 5.57. The SMILES string of the molecule is CNC(=O)[C@@H](CCC(=O)N1Cc2ccc(C(F)F)cc2C1)NC=O. The summed E-state index contributed by atoms with van der Waals surface area (Å²) in [6, 6.07) is 3.64. The second-order valence-corrected chi connectivity index (χ2v) is 5.57. The summed E-state index contributed by atoms with van der Waals surface area (Å²) in [7, 11) is 1.45. The third-order valence-corrected chi connectivity index (χ3v) is 4.04. The number of fused-ring (bicyclic) bond motifs is 1. The lowest BCUT2D eigenvalue weighted by atomic mass is 10.1. The van der Waals surface area contributed by atoms with E-state index < -0.39 is 12.5 Å². The third-order valence-electron chi connectivity index (χ3n) is 4.04. The van der Waals surface area contributed by atoms with Gasteiger partial charge in [-0.15, -0.1) is 0 Å². The molecule has 0 radical (unpaired) electrons. The Morgan fingerprint density at radius 2 is 2.00 bits per heavy atom. The molecule has 0 unspecified atom stereocenters. The molecule has 2 N–H and O–H groups in total. The van der Waals surface area contributed by atoms with Crippen LogP contribution in [0.4, 0.5) is 8.78 Å². The van der Waals surface area contributed by atoms with Crippen LogP contribution < -0.4 is 10.6 Å². The number of nitrogens with one attached hydrogen (secondary N) is 2. The number of likely N-dealkylation sites (N-methyl/N-ethyl adjacent to an activating group) is 1. The van der Waals surface area contributed by atoms with Gasteiger partial charge in [0.1, 0.15) is 6.04 Å². The number of amides is 3. The summed E-state index contributed by atoms with van der Waals surface area (Å²) in [5.74, 6) is -0.562. The van der Waals surface area contributed by atoms with E-state index in [2.05, 4.69) is 10.6 Å². The Bertz CT molecular complexity index is 637. The van der Waals surface area contributed by atoms with Crippen LogP contribution >= 0.6 is 0 Å². The van der Waals surface area contributed by atoms with Gasteiger partial charge in [-0.2, -0.15) is 0 Å². The Balaban J connectivity index is 1.94. The molecule has 1 aliphatic heterocycles. The minimum absolute atomic E-state index is 0.0575. The number of hydrogen-bond donors (Lipinski definition) is 2. The largest absolute Gasteiger partial charge is 0.357 e. The highest BCUT2D eigenvalue weighted by atomic mass is 19.3. The smallest absolute Gasteiger partial charge is 0.263 e. The van der Waals surface area contributed by atoms with Crippen LogP contribution in [0.2, 0.25) is 0 Å². The van der Waals surface area contributed by atoms with Crippen molar-refractivity contribution in [3.63, 3.8) is 0 Å². The molecule has 0 aliphatic carbocycles. The molecule has 8 heteroatoms. The van der Waals surface area contributed by atoms with E-state index in [0.717, 1.165) is 11.1 Å². The van der Waals surface area contributed by atoms with E-state index in [4.69, 9.17) is 0 Å². The number of benzene rings is 1. The van der Waals surface area contributed by atoms with Crippen molar-refractivity contribution >= 4 is 18.2 Å². The molecule has 130 valence electrons. The van der Waals surface area contributed by atoms with Crippen molar-refractivity contribution in [2.45, 2.75) is 38.4 Å². The molecule has 0 saturated carbocycles. The van der Waals surface area contributed by atoms with Crippen LogP contribution in [0.3, 0.4) is 0 Å². The maximum absolute atomic E-state index is 12.7. The van der Waals surface area contributed by atoms with Crippen LogP contribution in [0.1, 0.15) is 36.0 Å². The van der Waals surface area contributed by atoms with Gasteiger partial charge in [-0.3, -0.25) is 14.4 Å². The van der Waals surface area contributed by atoms with E-state index in [1.54, 1.807) is 11.0 Å². The Morgan fingerprint density at radius 1 is 1.29 bits per heavy atom. The molecule has 0 saturated heterocycles. The molecule has 1 atom stereocenters. The molecule has 0 aromatic heterocycles. The lowest BCUT2D eigenvalue weighted by molar-refractivity contribution is -0.132. The number of rotatable bonds is 7. The first-order chi connectivity index (χ1) is 11.5. The lowest BCUT2D eigenvalue weighted by Crippen LogP contribution is -2.43. The standard InChI is InChI=1S/C16H19F2N3O3/c1-19-16(24)13(20-9-22)4-5-14(23)21-7-11-3-2-10(15(17)18)6-12(11)8-21/h2-3,6,9,13,15H,4-5,7-8H2,1H3,(H,19,24)(H,20,22)/t13-/m1/s1. The molecule has 1 aromatic rings. The summed E-state index contributed by atoms with van der Waals surface area (Å²) in [6.07, 6.45) is -1.87. The van der Waals surface area contributed by atoms with Crippen molar-refractivity contribution in [3.8, 4) is 0 Å². The number of carbonyl (C=O) groups is 3. The molecule has 1 heterocycles. The van der Waals surface area contributed by atoms with Gasteiger partial charge in [-0.05, 0) is 23.6 Å². The fraction of sp³-hybridized carbons (Fsp3) is 0.438. The fourth-order valence-corrected chi connectivity index (χ4v) is 2.70. The molecule has 3 amide bonds. The van der Waals surface area contributed by atoms with Crippen LogP contribution in [0, 0.1) is 0 Å². The zero-order valence-corrected chi connectivity index (χ0v) is 13.2. The molecule has 0 fully saturated rings. The normalized spacial score (nSPS) is 14.2. The summed E-state index contributed by atoms with van der Waals surface area (Å²) in [5.41, 5.74) is 1.51. The van der Waals surface area contributed by atoms with Crippen molar-refractivity contribution in [1.82, 2.24) is 15.5 Å². The molecular weight excluding hydrogens is 320 g/mol. The summed E-state index contributed by atoms with van der Waals surface area (Å²) in [5, 5.41) is 4.79. The molecule has 24 heavy (non-hydrogen) atoms. The monoisotopic (exact) mass is 339 g/mol. The average molecular weight is 339 g/mol. The van der Waals surface area contributed by atoms with Gasteiger partial charge < -0.3 is 15.5 Å². The minimum atomic E-state index is -2.54. The maximum Gasteiger partial charge on any atom is 0.263 e. The fourth-order valence-electron chi connectivity index (χ4n) is 2.70. The van der Waals surface area contributed by atoms with Gasteiger partial charge >= 0.3 is 0 Å². The molecule has 1 aromatic carbocycles. The Kier molecular flexibility index (Phi) is 5.83. The van der Waals surface area contributed by atoms with E-state index in [1.807, 2.05) is 0 Å². The number of alkyl halides is 2. The predicted octanol–water partition coefficient (Wildman–Crippen LogP) is 1.11. The summed E-state index contributed by atoms with van der Waals surface area (Å²) in [6.45, 7) is 0.643. The number of carbonyl (C=O) groups excluding carboxylic acids is 3. The Morgan fingerprint density at radius 3 is 2.62 bits per heavy atom. The molecule has 2 rings (SSSR count). The predicted molar refractivity (Wildman–Crippen MR) is 81.9 cm³/mol. The highest BCUT2D eigenvalue weighted by Crippen LogP contribution is 2.28. The quantitative estimate of drug-likeness (QED) is 0.731. The van der Waals surface area contributed by atoms with Gasteiger partial charge in [0.05, 0.1) is 0 Å². The summed E-state index contributed by atoms with van der Waals surface area (Å²) >= 11 is 0. The van der Waals surface area contributed by atoms with Crippen LogP contribution in [0.25, 0.3) is 0 Å². The van der Waals surface area contributed by atoms with Crippen LogP contribution in [-0.4, -0.2) is 36.2 Å². The van der Waals surface area contributed by atoms with Crippen LogP contribution in [0.5, 0.6) is 0 Å². The highest BCUT2D eigenvalue weighted by molar-refractivity contribution is 5.84. The number of halogens is 2. The highest BCUT2D eigenvalue weighted by Gasteiger charge is 2.26. The molecular formula is C16H19F2N3O3. The van der Waals surface area contributed by atoms with Crippen LogP contribution in [-0.2, 0) is 27.5 Å². The zero-order valence-electron chi connectivity index (χ0n) is 13.2. The minimum Gasteiger partial charge on any atom is -0.357 e. The first-order valence-electron chi connectivity index (χ1n) is 7.55. The molecule has 0 spiro atoms. The van der Waals surface area contributed by atoms with Crippen molar-refractivity contribution in [1.29, 1.82) is 0 Å².